The average molecular weight is 337 g/mol. The largest absolute Gasteiger partial charge is 0.349 e. The highest BCUT2D eigenvalue weighted by molar-refractivity contribution is 5.76. The minimum Gasteiger partial charge on any atom is -0.349 e. The zero-order valence-electron chi connectivity index (χ0n) is 15.1. The highest BCUT2D eigenvalue weighted by atomic mass is 16.2. The molecule has 0 aromatic heterocycles. The predicted molar refractivity (Wildman–Crippen MR) is 101 cm³/mol. The van der Waals surface area contributed by atoms with Crippen LogP contribution in [-0.2, 0) is 4.79 Å². The molecule has 1 heterocycles. The van der Waals surface area contributed by atoms with Gasteiger partial charge in [-0.1, -0.05) is 60.7 Å². The molecule has 3 rings (SSSR count). The molecule has 4 nitrogen and oxygen atoms in total. The van der Waals surface area contributed by atoms with Crippen molar-refractivity contribution < 1.29 is 4.79 Å². The molecule has 1 saturated heterocycles. The van der Waals surface area contributed by atoms with E-state index in [1.807, 2.05) is 14.1 Å². The number of amides is 1. The second-order valence-electron chi connectivity index (χ2n) is 6.81. The van der Waals surface area contributed by atoms with E-state index >= 15 is 0 Å². The van der Waals surface area contributed by atoms with Gasteiger partial charge in [0.25, 0.3) is 0 Å². The van der Waals surface area contributed by atoms with E-state index in [4.69, 9.17) is 0 Å². The average Bonchev–Trinajstić information content (AvgIpc) is 2.65. The van der Waals surface area contributed by atoms with Gasteiger partial charge in [-0.15, -0.1) is 0 Å². The third-order valence-electron chi connectivity index (χ3n) is 4.87. The van der Waals surface area contributed by atoms with Gasteiger partial charge in [0.05, 0.1) is 6.04 Å². The first-order chi connectivity index (χ1) is 12.2. The van der Waals surface area contributed by atoms with E-state index < -0.39 is 0 Å². The van der Waals surface area contributed by atoms with Gasteiger partial charge in [0.2, 0.25) is 5.91 Å². The number of piperazine rings is 1. The first kappa shape index (κ1) is 17.6. The predicted octanol–water partition coefficient (Wildman–Crippen LogP) is 2.53. The lowest BCUT2D eigenvalue weighted by molar-refractivity contribution is -0.130. The molecule has 1 unspecified atom stereocenters. The quantitative estimate of drug-likeness (QED) is 0.911. The SMILES string of the molecule is CN(C)C(=O)CC1CNCCN1C(c1ccccc1)c1ccccc1. The summed E-state index contributed by atoms with van der Waals surface area (Å²) in [6, 6.07) is 21.6. The number of carbonyl (C=O) groups is 1. The number of hydrogen-bond donors (Lipinski definition) is 1. The Morgan fingerprint density at radius 2 is 1.64 bits per heavy atom. The lowest BCUT2D eigenvalue weighted by Crippen LogP contribution is -2.54. The normalized spacial score (nSPS) is 18.3. The maximum Gasteiger partial charge on any atom is 0.223 e. The molecule has 0 aliphatic carbocycles. The highest BCUT2D eigenvalue weighted by Crippen LogP contribution is 2.31. The second kappa shape index (κ2) is 8.28. The van der Waals surface area contributed by atoms with Gasteiger partial charge in [0.15, 0.2) is 0 Å². The van der Waals surface area contributed by atoms with Crippen LogP contribution in [0.4, 0.5) is 0 Å². The smallest absolute Gasteiger partial charge is 0.223 e. The Morgan fingerprint density at radius 3 is 2.16 bits per heavy atom. The van der Waals surface area contributed by atoms with Crippen molar-refractivity contribution in [3.8, 4) is 0 Å². The van der Waals surface area contributed by atoms with Crippen LogP contribution in [0.1, 0.15) is 23.6 Å². The van der Waals surface area contributed by atoms with Crippen molar-refractivity contribution in [2.75, 3.05) is 33.7 Å². The van der Waals surface area contributed by atoms with E-state index in [0.29, 0.717) is 6.42 Å². The van der Waals surface area contributed by atoms with Crippen molar-refractivity contribution in [2.24, 2.45) is 0 Å². The summed E-state index contributed by atoms with van der Waals surface area (Å²) >= 11 is 0. The molecule has 0 bridgehead atoms. The van der Waals surface area contributed by atoms with Crippen molar-refractivity contribution >= 4 is 5.91 Å². The molecule has 1 aliphatic rings. The van der Waals surface area contributed by atoms with E-state index in [-0.39, 0.29) is 18.0 Å². The van der Waals surface area contributed by atoms with E-state index in [1.165, 1.54) is 11.1 Å². The van der Waals surface area contributed by atoms with Crippen molar-refractivity contribution in [2.45, 2.75) is 18.5 Å². The summed E-state index contributed by atoms with van der Waals surface area (Å²) in [6.45, 7) is 2.72. The Labute approximate surface area is 150 Å². The third kappa shape index (κ3) is 4.27. The lowest BCUT2D eigenvalue weighted by Gasteiger charge is -2.42. The molecule has 0 spiro atoms. The van der Waals surface area contributed by atoms with Gasteiger partial charge in [-0.05, 0) is 11.1 Å². The van der Waals surface area contributed by atoms with Crippen LogP contribution in [0.3, 0.4) is 0 Å². The van der Waals surface area contributed by atoms with Gasteiger partial charge >= 0.3 is 0 Å². The first-order valence-electron chi connectivity index (χ1n) is 8.93. The molecule has 25 heavy (non-hydrogen) atoms. The van der Waals surface area contributed by atoms with Crippen molar-refractivity contribution in [1.82, 2.24) is 15.1 Å². The van der Waals surface area contributed by atoms with Crippen molar-refractivity contribution in [3.05, 3.63) is 71.8 Å². The molecule has 0 saturated carbocycles. The van der Waals surface area contributed by atoms with Gasteiger partial charge in [-0.2, -0.15) is 0 Å². The number of benzene rings is 2. The van der Waals surface area contributed by atoms with E-state index in [9.17, 15) is 4.79 Å². The number of rotatable bonds is 5. The molecule has 1 amide bonds. The molecule has 132 valence electrons. The van der Waals surface area contributed by atoms with Gasteiger partial charge < -0.3 is 10.2 Å². The molecule has 2 aromatic rings. The Hall–Kier alpha value is -2.17. The topological polar surface area (TPSA) is 35.6 Å². The minimum atomic E-state index is 0.171. The van der Waals surface area contributed by atoms with Crippen molar-refractivity contribution in [3.63, 3.8) is 0 Å². The summed E-state index contributed by atoms with van der Waals surface area (Å²) in [5.41, 5.74) is 2.55. The third-order valence-corrected chi connectivity index (χ3v) is 4.87. The minimum absolute atomic E-state index is 0.171. The summed E-state index contributed by atoms with van der Waals surface area (Å²) in [6.07, 6.45) is 0.538. The van der Waals surface area contributed by atoms with Gasteiger partial charge in [-0.25, -0.2) is 0 Å². The van der Waals surface area contributed by atoms with Crippen LogP contribution in [0.5, 0.6) is 0 Å². The summed E-state index contributed by atoms with van der Waals surface area (Å²) in [5, 5.41) is 3.45. The zero-order chi connectivity index (χ0) is 17.6. The summed E-state index contributed by atoms with van der Waals surface area (Å²) in [4.78, 5) is 16.5. The van der Waals surface area contributed by atoms with Gasteiger partial charge in [0.1, 0.15) is 0 Å². The molecule has 1 N–H and O–H groups in total. The van der Waals surface area contributed by atoms with Crippen LogP contribution < -0.4 is 5.32 Å². The lowest BCUT2D eigenvalue weighted by atomic mass is 9.94. The highest BCUT2D eigenvalue weighted by Gasteiger charge is 2.32. The van der Waals surface area contributed by atoms with E-state index in [2.05, 4.69) is 70.9 Å². The van der Waals surface area contributed by atoms with E-state index in [0.717, 1.165) is 19.6 Å². The molecule has 1 fully saturated rings. The van der Waals surface area contributed by atoms with Crippen LogP contribution in [0, 0.1) is 0 Å². The van der Waals surface area contributed by atoms with Crippen LogP contribution in [0.15, 0.2) is 60.7 Å². The molecule has 4 heteroatoms. The second-order valence-corrected chi connectivity index (χ2v) is 6.81. The van der Waals surface area contributed by atoms with Crippen LogP contribution in [0.25, 0.3) is 0 Å². The molecule has 0 radical (unpaired) electrons. The molecular weight excluding hydrogens is 310 g/mol. The maximum absolute atomic E-state index is 12.3. The van der Waals surface area contributed by atoms with Crippen LogP contribution >= 0.6 is 0 Å². The van der Waals surface area contributed by atoms with Crippen LogP contribution in [0.2, 0.25) is 0 Å². The monoisotopic (exact) mass is 337 g/mol. The summed E-state index contributed by atoms with van der Waals surface area (Å²) in [7, 11) is 3.66. The number of nitrogens with one attached hydrogen (secondary N) is 1. The fourth-order valence-corrected chi connectivity index (χ4v) is 3.54. The number of nitrogens with zero attached hydrogens (tertiary/aromatic N) is 2. The fourth-order valence-electron chi connectivity index (χ4n) is 3.54. The Balaban J connectivity index is 1.94. The summed E-state index contributed by atoms with van der Waals surface area (Å²) < 4.78 is 0. The Kier molecular flexibility index (Phi) is 5.84. The molecule has 1 aliphatic heterocycles. The zero-order valence-corrected chi connectivity index (χ0v) is 15.1. The van der Waals surface area contributed by atoms with Gasteiger partial charge in [-0.3, -0.25) is 9.69 Å². The fraction of sp³-hybridized carbons (Fsp3) is 0.381. The molecular formula is C21H27N3O. The Morgan fingerprint density at radius 1 is 1.08 bits per heavy atom. The van der Waals surface area contributed by atoms with Crippen molar-refractivity contribution in [1.29, 1.82) is 0 Å². The first-order valence-corrected chi connectivity index (χ1v) is 8.93. The summed E-state index contributed by atoms with van der Waals surface area (Å²) in [5.74, 6) is 0.179. The molecule has 1 atom stereocenters. The molecule has 2 aromatic carbocycles. The van der Waals surface area contributed by atoms with Crippen LogP contribution in [-0.4, -0.2) is 55.5 Å². The van der Waals surface area contributed by atoms with Gasteiger partial charge in [0, 0.05) is 46.2 Å². The number of hydrogen-bond acceptors (Lipinski definition) is 3. The Bertz CT molecular complexity index is 633. The van der Waals surface area contributed by atoms with E-state index in [1.54, 1.807) is 4.90 Å². The number of carbonyl (C=O) groups excluding carboxylic acids is 1. The standard InChI is InChI=1S/C21H27N3O/c1-23(2)20(25)15-19-16-22-13-14-24(19)21(17-9-5-3-6-10-17)18-11-7-4-8-12-18/h3-12,19,21-22H,13-16H2,1-2H3. The maximum atomic E-state index is 12.3.